The molecule has 1 aliphatic rings. The molecule has 196 valence electrons. The van der Waals surface area contributed by atoms with Crippen molar-refractivity contribution in [3.05, 3.63) is 95.1 Å². The average molecular weight is 539 g/mol. The smallest absolute Gasteiger partial charge is 0.0466 e. The fourth-order valence-corrected chi connectivity index (χ4v) is 11.1. The van der Waals surface area contributed by atoms with Gasteiger partial charge in [0.15, 0.2) is 0 Å². The van der Waals surface area contributed by atoms with Gasteiger partial charge in [-0.25, -0.2) is 0 Å². The molecule has 1 aliphatic heterocycles. The fourth-order valence-electron chi connectivity index (χ4n) is 5.45. The van der Waals surface area contributed by atoms with Crippen LogP contribution in [0.2, 0.25) is 0 Å². The van der Waals surface area contributed by atoms with E-state index in [2.05, 4.69) is 139 Å². The topological polar surface area (TPSA) is 24.1 Å². The lowest BCUT2D eigenvalue weighted by Gasteiger charge is -2.32. The van der Waals surface area contributed by atoms with Crippen molar-refractivity contribution in [1.29, 1.82) is 0 Å². The van der Waals surface area contributed by atoms with Crippen molar-refractivity contribution >= 4 is 59.8 Å². The highest BCUT2D eigenvalue weighted by Gasteiger charge is 2.28. The van der Waals surface area contributed by atoms with Gasteiger partial charge in [-0.3, -0.25) is 0 Å². The molecule has 0 amide bonds. The van der Waals surface area contributed by atoms with Gasteiger partial charge in [0.1, 0.15) is 0 Å². The molecule has 0 spiro atoms. The van der Waals surface area contributed by atoms with Crippen molar-refractivity contribution in [3.8, 4) is 0 Å². The SMILES string of the molecule is Cc1ccc2c(c1)P(C(C)C)c1cc(C)ccc1Nc1ccc(C)cc1P(C(C)C)c1cc(C)ccc1N2. The first-order valence-corrected chi connectivity index (χ1v) is 16.5. The Kier molecular flexibility index (Phi) is 7.68. The Balaban J connectivity index is 1.88. The zero-order chi connectivity index (χ0) is 27.1. The van der Waals surface area contributed by atoms with Crippen molar-refractivity contribution in [3.63, 3.8) is 0 Å². The van der Waals surface area contributed by atoms with Crippen LogP contribution in [0.15, 0.2) is 72.8 Å². The number of hydrogen-bond donors (Lipinski definition) is 2. The van der Waals surface area contributed by atoms with Crippen LogP contribution in [-0.4, -0.2) is 11.3 Å². The van der Waals surface area contributed by atoms with Gasteiger partial charge in [-0.2, -0.15) is 0 Å². The highest BCUT2D eigenvalue weighted by Crippen LogP contribution is 2.48. The van der Waals surface area contributed by atoms with Crippen LogP contribution in [0.25, 0.3) is 0 Å². The Morgan fingerprint density at radius 2 is 0.658 bits per heavy atom. The number of fused-ring (bicyclic) bond motifs is 4. The number of nitrogens with one attached hydrogen (secondary N) is 2. The van der Waals surface area contributed by atoms with Crippen LogP contribution in [0, 0.1) is 27.7 Å². The number of rotatable bonds is 2. The molecule has 0 unspecified atom stereocenters. The summed E-state index contributed by atoms with van der Waals surface area (Å²) in [6.07, 6.45) is 0. The first-order chi connectivity index (χ1) is 18.1. The van der Waals surface area contributed by atoms with E-state index < -0.39 is 15.8 Å². The van der Waals surface area contributed by atoms with E-state index in [1.807, 2.05) is 0 Å². The van der Waals surface area contributed by atoms with E-state index in [4.69, 9.17) is 0 Å². The number of hydrogen-bond acceptors (Lipinski definition) is 2. The molecular formula is C34H40N2P2. The molecule has 5 rings (SSSR count). The van der Waals surface area contributed by atoms with E-state index in [1.54, 1.807) is 0 Å². The molecule has 1 heterocycles. The third kappa shape index (κ3) is 5.27. The maximum absolute atomic E-state index is 3.99. The second-order valence-corrected chi connectivity index (χ2v) is 16.7. The Hall–Kier alpha value is -2.66. The molecular weight excluding hydrogens is 498 g/mol. The Morgan fingerprint density at radius 1 is 0.421 bits per heavy atom. The van der Waals surface area contributed by atoms with Crippen LogP contribution in [0.5, 0.6) is 0 Å². The summed E-state index contributed by atoms with van der Waals surface area (Å²) >= 11 is 0. The van der Waals surface area contributed by atoms with Crippen molar-refractivity contribution in [1.82, 2.24) is 0 Å². The molecule has 0 bridgehead atoms. The van der Waals surface area contributed by atoms with Crippen LogP contribution in [0.4, 0.5) is 22.7 Å². The number of aryl methyl sites for hydroxylation is 4. The minimum Gasteiger partial charge on any atom is -0.354 e. The van der Waals surface area contributed by atoms with Crippen LogP contribution < -0.4 is 31.9 Å². The van der Waals surface area contributed by atoms with Gasteiger partial charge in [-0.1, -0.05) is 74.2 Å². The van der Waals surface area contributed by atoms with Crippen LogP contribution in [0.3, 0.4) is 0 Å². The van der Waals surface area contributed by atoms with E-state index in [1.165, 1.54) is 66.2 Å². The van der Waals surface area contributed by atoms with E-state index in [0.717, 1.165) is 0 Å². The standard InChI is InChI=1S/C34H40N2P2/c1-21(2)37-31-17-23(5)9-13-27(31)35-29-15-11-25(7)19-33(29)38(22(3)4)34-20-26(8)12-16-30(34)36-28-14-10-24(6)18-32(28)37/h9-22,35-36H,1-8H3. The predicted octanol–water partition coefficient (Wildman–Crippen LogP) is 8.40. The number of anilines is 4. The molecule has 38 heavy (non-hydrogen) atoms. The fraction of sp³-hybridized carbons (Fsp3) is 0.294. The molecule has 4 aromatic carbocycles. The summed E-state index contributed by atoms with van der Waals surface area (Å²) in [6, 6.07) is 27.9. The van der Waals surface area contributed by atoms with Gasteiger partial charge in [-0.15, -0.1) is 0 Å². The Bertz CT molecular complexity index is 1270. The second kappa shape index (κ2) is 10.8. The number of benzene rings is 4. The molecule has 2 N–H and O–H groups in total. The molecule has 4 aromatic rings. The molecule has 0 aliphatic carbocycles. The monoisotopic (exact) mass is 538 g/mol. The maximum Gasteiger partial charge on any atom is 0.0466 e. The lowest BCUT2D eigenvalue weighted by molar-refractivity contribution is 1.10. The summed E-state index contributed by atoms with van der Waals surface area (Å²) in [5.41, 5.74) is 11.1. The molecule has 0 saturated heterocycles. The first-order valence-electron chi connectivity index (χ1n) is 13.7. The molecule has 0 saturated carbocycles. The van der Waals surface area contributed by atoms with Gasteiger partial charge in [0.25, 0.3) is 0 Å². The van der Waals surface area contributed by atoms with Gasteiger partial charge >= 0.3 is 0 Å². The highest BCUT2D eigenvalue weighted by atomic mass is 31.1. The second-order valence-electron chi connectivity index (χ2n) is 11.3. The third-order valence-corrected chi connectivity index (χ3v) is 12.8. The maximum atomic E-state index is 3.99. The minimum atomic E-state index is -0.622. The van der Waals surface area contributed by atoms with E-state index in [9.17, 15) is 0 Å². The third-order valence-electron chi connectivity index (χ3n) is 7.22. The largest absolute Gasteiger partial charge is 0.354 e. The molecule has 0 fully saturated rings. The normalized spacial score (nSPS) is 16.8. The van der Waals surface area contributed by atoms with Gasteiger partial charge in [-0.05, 0) is 103 Å². The van der Waals surface area contributed by atoms with Gasteiger partial charge in [0, 0.05) is 44.0 Å². The Labute approximate surface area is 231 Å². The lowest BCUT2D eigenvalue weighted by Crippen LogP contribution is -2.27. The van der Waals surface area contributed by atoms with Crippen molar-refractivity contribution < 1.29 is 0 Å². The molecule has 0 radical (unpaired) electrons. The molecule has 4 heteroatoms. The van der Waals surface area contributed by atoms with Crippen molar-refractivity contribution in [2.45, 2.75) is 66.7 Å². The average Bonchev–Trinajstić information content (AvgIpc) is 2.84. The predicted molar refractivity (Wildman–Crippen MR) is 174 cm³/mol. The molecule has 2 nitrogen and oxygen atoms in total. The molecule has 0 atom stereocenters. The summed E-state index contributed by atoms with van der Waals surface area (Å²) in [5, 5.41) is 13.7. The first kappa shape index (κ1) is 26.9. The van der Waals surface area contributed by atoms with Gasteiger partial charge < -0.3 is 10.6 Å². The van der Waals surface area contributed by atoms with Crippen LogP contribution in [-0.2, 0) is 0 Å². The van der Waals surface area contributed by atoms with Gasteiger partial charge in [0.05, 0.1) is 0 Å². The van der Waals surface area contributed by atoms with Crippen molar-refractivity contribution in [2.24, 2.45) is 0 Å². The Morgan fingerprint density at radius 3 is 0.868 bits per heavy atom. The summed E-state index contributed by atoms with van der Waals surface area (Å²) < 4.78 is 0. The van der Waals surface area contributed by atoms with Crippen molar-refractivity contribution in [2.75, 3.05) is 10.6 Å². The van der Waals surface area contributed by atoms with E-state index in [-0.39, 0.29) is 0 Å². The summed E-state index contributed by atoms with van der Waals surface area (Å²) in [7, 11) is -1.24. The quantitative estimate of drug-likeness (QED) is 0.251. The lowest BCUT2D eigenvalue weighted by atomic mass is 10.2. The zero-order valence-corrected chi connectivity index (χ0v) is 25.8. The molecule has 0 aromatic heterocycles. The van der Waals surface area contributed by atoms with E-state index in [0.29, 0.717) is 11.3 Å². The van der Waals surface area contributed by atoms with Gasteiger partial charge in [0.2, 0.25) is 0 Å². The highest BCUT2D eigenvalue weighted by molar-refractivity contribution is 7.74. The summed E-state index contributed by atoms with van der Waals surface area (Å²) in [6.45, 7) is 18.4. The van der Waals surface area contributed by atoms with E-state index >= 15 is 0 Å². The van der Waals surface area contributed by atoms with Crippen LogP contribution in [0.1, 0.15) is 49.9 Å². The van der Waals surface area contributed by atoms with Crippen LogP contribution >= 0.6 is 15.8 Å². The zero-order valence-electron chi connectivity index (χ0n) is 24.0. The minimum absolute atomic E-state index is 0.486. The summed E-state index contributed by atoms with van der Waals surface area (Å²) in [4.78, 5) is 0. The summed E-state index contributed by atoms with van der Waals surface area (Å²) in [5.74, 6) is 0.